The van der Waals surface area contributed by atoms with Gasteiger partial charge in [0.25, 0.3) is 5.91 Å². The molecule has 0 fully saturated rings. The van der Waals surface area contributed by atoms with Gasteiger partial charge in [0.05, 0.1) is 7.11 Å². The molecule has 0 aliphatic carbocycles. The van der Waals surface area contributed by atoms with Crippen molar-refractivity contribution in [2.45, 2.75) is 6.42 Å². The van der Waals surface area contributed by atoms with Crippen molar-refractivity contribution in [2.75, 3.05) is 13.7 Å². The van der Waals surface area contributed by atoms with Crippen molar-refractivity contribution in [1.82, 2.24) is 10.5 Å². The third-order valence-electron chi connectivity index (χ3n) is 3.66. The standard InChI is InChI=1S/C19H18N2O3/c1-23-16-9-7-15(8-10-16)18-13-17(21-24-18)19(22)20-12-11-14-5-3-2-4-6-14/h2-10,13H,11-12H2,1H3,(H,20,22). The van der Waals surface area contributed by atoms with Crippen LogP contribution in [0.2, 0.25) is 0 Å². The SMILES string of the molecule is COc1ccc(-c2cc(C(=O)NCCc3ccccc3)no2)cc1. The lowest BCUT2D eigenvalue weighted by molar-refractivity contribution is 0.0945. The maximum absolute atomic E-state index is 12.1. The summed E-state index contributed by atoms with van der Waals surface area (Å²) in [6.45, 7) is 0.549. The van der Waals surface area contributed by atoms with Crippen LogP contribution in [0.5, 0.6) is 5.75 Å². The number of nitrogens with one attached hydrogen (secondary N) is 1. The van der Waals surface area contributed by atoms with Crippen LogP contribution in [-0.4, -0.2) is 24.7 Å². The molecule has 3 aromatic rings. The van der Waals surface area contributed by atoms with Gasteiger partial charge in [-0.05, 0) is 36.2 Å². The Bertz CT molecular complexity index is 795. The minimum Gasteiger partial charge on any atom is -0.497 e. The lowest BCUT2D eigenvalue weighted by Crippen LogP contribution is -2.25. The number of benzene rings is 2. The second kappa shape index (κ2) is 7.46. The van der Waals surface area contributed by atoms with E-state index in [1.807, 2.05) is 54.6 Å². The van der Waals surface area contributed by atoms with Crippen LogP contribution >= 0.6 is 0 Å². The first-order chi connectivity index (χ1) is 11.8. The van der Waals surface area contributed by atoms with Crippen LogP contribution in [0.25, 0.3) is 11.3 Å². The monoisotopic (exact) mass is 322 g/mol. The third-order valence-corrected chi connectivity index (χ3v) is 3.66. The fourth-order valence-corrected chi connectivity index (χ4v) is 2.33. The number of methoxy groups -OCH3 is 1. The molecular weight excluding hydrogens is 304 g/mol. The van der Waals surface area contributed by atoms with Crippen LogP contribution in [0.15, 0.2) is 65.2 Å². The predicted octanol–water partition coefficient (Wildman–Crippen LogP) is 3.32. The molecule has 24 heavy (non-hydrogen) atoms. The Morgan fingerprint density at radius 1 is 1.12 bits per heavy atom. The summed E-state index contributed by atoms with van der Waals surface area (Å²) in [6.07, 6.45) is 0.774. The summed E-state index contributed by atoms with van der Waals surface area (Å²) in [5.74, 6) is 1.07. The van der Waals surface area contributed by atoms with Gasteiger partial charge in [-0.15, -0.1) is 0 Å². The molecule has 3 rings (SSSR count). The molecule has 5 nitrogen and oxygen atoms in total. The van der Waals surface area contributed by atoms with Crippen LogP contribution in [0, 0.1) is 0 Å². The minimum atomic E-state index is -0.241. The Labute approximate surface area is 140 Å². The number of carbonyl (C=O) groups is 1. The summed E-state index contributed by atoms with van der Waals surface area (Å²) < 4.78 is 10.4. The van der Waals surface area contributed by atoms with Gasteiger partial charge in [-0.1, -0.05) is 35.5 Å². The molecule has 0 saturated heterocycles. The average molecular weight is 322 g/mol. The maximum atomic E-state index is 12.1. The number of carbonyl (C=O) groups excluding carboxylic acids is 1. The highest BCUT2D eigenvalue weighted by Gasteiger charge is 2.13. The fourth-order valence-electron chi connectivity index (χ4n) is 2.33. The van der Waals surface area contributed by atoms with Crippen molar-refractivity contribution in [1.29, 1.82) is 0 Å². The first-order valence-electron chi connectivity index (χ1n) is 7.69. The molecule has 0 atom stereocenters. The Morgan fingerprint density at radius 3 is 2.58 bits per heavy atom. The minimum absolute atomic E-state index is 0.241. The smallest absolute Gasteiger partial charge is 0.273 e. The Hall–Kier alpha value is -3.08. The molecule has 0 spiro atoms. The van der Waals surface area contributed by atoms with E-state index in [0.29, 0.717) is 12.3 Å². The molecular formula is C19H18N2O3. The normalized spacial score (nSPS) is 10.4. The number of amides is 1. The second-order valence-electron chi connectivity index (χ2n) is 5.30. The van der Waals surface area contributed by atoms with Crippen molar-refractivity contribution in [3.63, 3.8) is 0 Å². The van der Waals surface area contributed by atoms with E-state index in [2.05, 4.69) is 10.5 Å². The van der Waals surface area contributed by atoms with Gasteiger partial charge in [0.1, 0.15) is 5.75 Å². The van der Waals surface area contributed by atoms with Crippen LogP contribution in [0.1, 0.15) is 16.1 Å². The van der Waals surface area contributed by atoms with Gasteiger partial charge in [0.15, 0.2) is 11.5 Å². The van der Waals surface area contributed by atoms with Gasteiger partial charge in [0.2, 0.25) is 0 Å². The molecule has 2 aromatic carbocycles. The maximum Gasteiger partial charge on any atom is 0.273 e. The van der Waals surface area contributed by atoms with E-state index in [1.54, 1.807) is 13.2 Å². The topological polar surface area (TPSA) is 64.4 Å². The summed E-state index contributed by atoms with van der Waals surface area (Å²) in [7, 11) is 1.61. The number of hydrogen-bond donors (Lipinski definition) is 1. The molecule has 0 unspecified atom stereocenters. The van der Waals surface area contributed by atoms with E-state index < -0.39 is 0 Å². The van der Waals surface area contributed by atoms with Crippen molar-refractivity contribution in [3.8, 4) is 17.1 Å². The predicted molar refractivity (Wildman–Crippen MR) is 91.0 cm³/mol. The summed E-state index contributed by atoms with van der Waals surface area (Å²) in [6, 6.07) is 19.0. The van der Waals surface area contributed by atoms with Gasteiger partial charge in [-0.3, -0.25) is 4.79 Å². The lowest BCUT2D eigenvalue weighted by atomic mass is 10.1. The van der Waals surface area contributed by atoms with Gasteiger partial charge < -0.3 is 14.6 Å². The molecule has 1 amide bonds. The van der Waals surface area contributed by atoms with Crippen molar-refractivity contribution >= 4 is 5.91 Å². The van der Waals surface area contributed by atoms with Crippen LogP contribution in [0.4, 0.5) is 0 Å². The van der Waals surface area contributed by atoms with Crippen molar-refractivity contribution in [2.24, 2.45) is 0 Å². The molecule has 0 radical (unpaired) electrons. The highest BCUT2D eigenvalue weighted by atomic mass is 16.5. The van der Waals surface area contributed by atoms with Crippen molar-refractivity contribution < 1.29 is 14.1 Å². The number of rotatable bonds is 6. The summed E-state index contributed by atoms with van der Waals surface area (Å²) in [5.41, 5.74) is 2.29. The van der Waals surface area contributed by atoms with Crippen molar-refractivity contribution in [3.05, 3.63) is 71.9 Å². The van der Waals surface area contributed by atoms with Crippen LogP contribution in [-0.2, 0) is 6.42 Å². The molecule has 122 valence electrons. The number of aromatic nitrogens is 1. The van der Waals surface area contributed by atoms with E-state index in [0.717, 1.165) is 17.7 Å². The molecule has 0 aliphatic heterocycles. The summed E-state index contributed by atoms with van der Waals surface area (Å²) in [4.78, 5) is 12.1. The van der Waals surface area contributed by atoms with Gasteiger partial charge in [0, 0.05) is 18.2 Å². The zero-order chi connectivity index (χ0) is 16.8. The zero-order valence-electron chi connectivity index (χ0n) is 13.4. The Kier molecular flexibility index (Phi) is 4.91. The molecule has 0 bridgehead atoms. The lowest BCUT2D eigenvalue weighted by Gasteiger charge is -2.02. The first kappa shape index (κ1) is 15.8. The van der Waals surface area contributed by atoms with Crippen LogP contribution in [0.3, 0.4) is 0 Å². The number of nitrogens with zero attached hydrogens (tertiary/aromatic N) is 1. The zero-order valence-corrected chi connectivity index (χ0v) is 13.4. The first-order valence-corrected chi connectivity index (χ1v) is 7.69. The Morgan fingerprint density at radius 2 is 1.88 bits per heavy atom. The quantitative estimate of drug-likeness (QED) is 0.756. The fraction of sp³-hybridized carbons (Fsp3) is 0.158. The molecule has 5 heteroatoms. The van der Waals surface area contributed by atoms with E-state index >= 15 is 0 Å². The van der Waals surface area contributed by atoms with E-state index in [9.17, 15) is 4.79 Å². The summed E-state index contributed by atoms with van der Waals surface area (Å²) in [5, 5.41) is 6.69. The number of hydrogen-bond acceptors (Lipinski definition) is 4. The van der Waals surface area contributed by atoms with Gasteiger partial charge in [-0.25, -0.2) is 0 Å². The molecule has 1 heterocycles. The highest BCUT2D eigenvalue weighted by Crippen LogP contribution is 2.23. The highest BCUT2D eigenvalue weighted by molar-refractivity contribution is 5.93. The second-order valence-corrected chi connectivity index (χ2v) is 5.30. The summed E-state index contributed by atoms with van der Waals surface area (Å²) >= 11 is 0. The van der Waals surface area contributed by atoms with Gasteiger partial charge >= 0.3 is 0 Å². The molecule has 0 aliphatic rings. The van der Waals surface area contributed by atoms with Gasteiger partial charge in [-0.2, -0.15) is 0 Å². The Balaban J connectivity index is 1.59. The van der Waals surface area contributed by atoms with E-state index in [1.165, 1.54) is 5.56 Å². The molecule has 0 saturated carbocycles. The van der Waals surface area contributed by atoms with E-state index in [4.69, 9.17) is 9.26 Å². The average Bonchev–Trinajstić information content (AvgIpc) is 3.13. The molecule has 1 N–H and O–H groups in total. The third kappa shape index (κ3) is 3.81. The van der Waals surface area contributed by atoms with E-state index in [-0.39, 0.29) is 11.6 Å². The molecule has 1 aromatic heterocycles. The van der Waals surface area contributed by atoms with Crippen LogP contribution < -0.4 is 10.1 Å². The largest absolute Gasteiger partial charge is 0.497 e. The number of ether oxygens (including phenoxy) is 1.